The van der Waals surface area contributed by atoms with Crippen LogP contribution in [0.3, 0.4) is 0 Å². The minimum absolute atomic E-state index is 0.265. The van der Waals surface area contributed by atoms with Crippen LogP contribution in [0.1, 0.15) is 28.7 Å². The summed E-state index contributed by atoms with van der Waals surface area (Å²) in [6, 6.07) is 56.1. The molecule has 7 aromatic carbocycles. The minimum Gasteiger partial charge on any atom is -0.377 e. The van der Waals surface area contributed by atoms with Crippen molar-refractivity contribution in [1.82, 2.24) is 0 Å². The van der Waals surface area contributed by atoms with Gasteiger partial charge in [0.2, 0.25) is 0 Å². The molecule has 2 atom stereocenters. The lowest BCUT2D eigenvalue weighted by molar-refractivity contribution is 0.751. The van der Waals surface area contributed by atoms with E-state index in [0.29, 0.717) is 5.92 Å². The monoisotopic (exact) mass is 592 g/mol. The van der Waals surface area contributed by atoms with Crippen molar-refractivity contribution in [3.05, 3.63) is 168 Å². The van der Waals surface area contributed by atoms with E-state index in [1.807, 2.05) is 11.3 Å². The first kappa shape index (κ1) is 25.0. The molecule has 2 unspecified atom stereocenters. The van der Waals surface area contributed by atoms with Crippen LogP contribution in [0.4, 0.5) is 22.7 Å². The Morgan fingerprint density at radius 2 is 1.20 bits per heavy atom. The minimum atomic E-state index is 0.265. The summed E-state index contributed by atoms with van der Waals surface area (Å²) in [6.07, 6.45) is 0. The van der Waals surface area contributed by atoms with Gasteiger partial charge in [-0.25, -0.2) is 0 Å². The Hall–Kier alpha value is -5.38. The molecule has 3 heteroatoms. The standard InChI is InChI=1S/C42H28N2S/c1-2-9-26(10-3-1)28-13-6-14-29(23-28)44(31-19-21-33-32-15-4-5-18-38(32)45-39(33)25-31)30-20-22-37-36(24-30)41-34-16-7-11-27-12-8-17-35(40(27)34)42(41)43-37/h1-25,41-43H. The molecule has 212 valence electrons. The van der Waals surface area contributed by atoms with Gasteiger partial charge in [0, 0.05) is 48.8 Å². The Bertz CT molecular complexity index is 2440. The maximum Gasteiger partial charge on any atom is 0.0630 e. The van der Waals surface area contributed by atoms with Crippen LogP contribution in [0.25, 0.3) is 42.1 Å². The number of rotatable bonds is 4. The van der Waals surface area contributed by atoms with E-state index in [4.69, 9.17) is 0 Å². The number of anilines is 4. The highest BCUT2D eigenvalue weighted by Crippen LogP contribution is 2.56. The molecule has 0 saturated heterocycles. The third-order valence-corrected chi connectivity index (χ3v) is 10.9. The van der Waals surface area contributed by atoms with Crippen LogP contribution < -0.4 is 10.2 Å². The molecule has 2 aliphatic rings. The fourth-order valence-electron chi connectivity index (χ4n) is 7.79. The van der Waals surface area contributed by atoms with E-state index >= 15 is 0 Å². The van der Waals surface area contributed by atoms with E-state index in [1.165, 1.54) is 75.8 Å². The summed E-state index contributed by atoms with van der Waals surface area (Å²) in [6.45, 7) is 0. The SMILES string of the molecule is c1ccc(-c2cccc(N(c3ccc4c(c3)C3c5cccc6cccc(c56)C3N4)c3ccc4c(c3)sc3ccccc34)c2)cc1. The Labute approximate surface area is 265 Å². The molecule has 1 aliphatic carbocycles. The van der Waals surface area contributed by atoms with Gasteiger partial charge in [0.1, 0.15) is 0 Å². The molecule has 0 radical (unpaired) electrons. The summed E-state index contributed by atoms with van der Waals surface area (Å²) in [7, 11) is 0. The zero-order valence-corrected chi connectivity index (χ0v) is 25.3. The zero-order chi connectivity index (χ0) is 29.5. The fraction of sp³-hybridized carbons (Fsp3) is 0.0476. The van der Waals surface area contributed by atoms with Crippen LogP contribution in [0, 0.1) is 0 Å². The highest BCUT2D eigenvalue weighted by atomic mass is 32.1. The van der Waals surface area contributed by atoms with Gasteiger partial charge in [0.05, 0.1) is 6.04 Å². The lowest BCUT2D eigenvalue weighted by atomic mass is 9.91. The molecule has 10 rings (SSSR count). The highest BCUT2D eigenvalue weighted by molar-refractivity contribution is 7.25. The first-order valence-corrected chi connectivity index (χ1v) is 16.4. The van der Waals surface area contributed by atoms with E-state index < -0.39 is 0 Å². The van der Waals surface area contributed by atoms with E-state index in [1.54, 1.807) is 0 Å². The molecular weight excluding hydrogens is 565 g/mol. The van der Waals surface area contributed by atoms with Gasteiger partial charge in [-0.15, -0.1) is 11.3 Å². The average molecular weight is 593 g/mol. The molecule has 2 nitrogen and oxygen atoms in total. The summed E-state index contributed by atoms with van der Waals surface area (Å²) >= 11 is 1.87. The molecule has 0 amide bonds. The largest absolute Gasteiger partial charge is 0.377 e. The predicted molar refractivity (Wildman–Crippen MR) is 192 cm³/mol. The summed E-state index contributed by atoms with van der Waals surface area (Å²) in [5, 5.41) is 9.29. The second-order valence-corrected chi connectivity index (χ2v) is 13.3. The summed E-state index contributed by atoms with van der Waals surface area (Å²) in [4.78, 5) is 2.44. The first-order chi connectivity index (χ1) is 22.3. The van der Waals surface area contributed by atoms with E-state index in [0.717, 1.165) is 5.69 Å². The molecule has 8 aromatic rings. The number of benzene rings is 7. The molecular formula is C42H28N2S. The van der Waals surface area contributed by atoms with Crippen molar-refractivity contribution in [3.63, 3.8) is 0 Å². The fourth-order valence-corrected chi connectivity index (χ4v) is 8.93. The molecule has 0 saturated carbocycles. The Balaban J connectivity index is 1.16. The maximum absolute atomic E-state index is 3.90. The van der Waals surface area contributed by atoms with Crippen molar-refractivity contribution in [2.24, 2.45) is 0 Å². The molecule has 1 aliphatic heterocycles. The second kappa shape index (κ2) is 9.56. The number of fused-ring (bicyclic) bond motifs is 8. The van der Waals surface area contributed by atoms with Gasteiger partial charge >= 0.3 is 0 Å². The van der Waals surface area contributed by atoms with Crippen molar-refractivity contribution in [3.8, 4) is 11.1 Å². The number of hydrogen-bond acceptors (Lipinski definition) is 3. The van der Waals surface area contributed by atoms with Crippen LogP contribution in [-0.2, 0) is 0 Å². The van der Waals surface area contributed by atoms with Gasteiger partial charge in [0.25, 0.3) is 0 Å². The normalized spacial score (nSPS) is 16.2. The summed E-state index contributed by atoms with van der Waals surface area (Å²) in [5.74, 6) is 0.295. The Morgan fingerprint density at radius 3 is 2.11 bits per heavy atom. The van der Waals surface area contributed by atoms with Crippen LogP contribution in [-0.4, -0.2) is 0 Å². The van der Waals surface area contributed by atoms with Gasteiger partial charge in [0.15, 0.2) is 0 Å². The number of nitrogens with one attached hydrogen (secondary N) is 1. The number of nitrogens with zero attached hydrogens (tertiary/aromatic N) is 1. The van der Waals surface area contributed by atoms with E-state index in [-0.39, 0.29) is 6.04 Å². The molecule has 2 heterocycles. The summed E-state index contributed by atoms with van der Waals surface area (Å²) < 4.78 is 2.63. The molecule has 0 bridgehead atoms. The zero-order valence-electron chi connectivity index (χ0n) is 24.4. The van der Waals surface area contributed by atoms with Gasteiger partial charge in [-0.05, 0) is 87.1 Å². The topological polar surface area (TPSA) is 15.3 Å². The van der Waals surface area contributed by atoms with Gasteiger partial charge < -0.3 is 10.2 Å². The predicted octanol–water partition coefficient (Wildman–Crippen LogP) is 12.0. The lowest BCUT2D eigenvalue weighted by Gasteiger charge is -2.27. The molecule has 45 heavy (non-hydrogen) atoms. The van der Waals surface area contributed by atoms with Gasteiger partial charge in [-0.3, -0.25) is 0 Å². The first-order valence-electron chi connectivity index (χ1n) is 15.6. The maximum atomic E-state index is 3.90. The van der Waals surface area contributed by atoms with Gasteiger partial charge in [-0.1, -0.05) is 103 Å². The van der Waals surface area contributed by atoms with Crippen LogP contribution >= 0.6 is 11.3 Å². The van der Waals surface area contributed by atoms with Crippen molar-refractivity contribution < 1.29 is 0 Å². The van der Waals surface area contributed by atoms with Crippen molar-refractivity contribution in [2.45, 2.75) is 12.0 Å². The Morgan fingerprint density at radius 1 is 0.489 bits per heavy atom. The number of hydrogen-bond donors (Lipinski definition) is 1. The van der Waals surface area contributed by atoms with Gasteiger partial charge in [-0.2, -0.15) is 0 Å². The van der Waals surface area contributed by atoms with E-state index in [9.17, 15) is 0 Å². The average Bonchev–Trinajstić information content (AvgIpc) is 3.76. The third-order valence-electron chi connectivity index (χ3n) is 9.74. The second-order valence-electron chi connectivity index (χ2n) is 12.2. The van der Waals surface area contributed by atoms with Crippen molar-refractivity contribution >= 4 is 65.0 Å². The highest BCUT2D eigenvalue weighted by Gasteiger charge is 2.41. The van der Waals surface area contributed by atoms with Crippen molar-refractivity contribution in [1.29, 1.82) is 0 Å². The molecule has 1 aromatic heterocycles. The molecule has 1 N–H and O–H groups in total. The lowest BCUT2D eigenvalue weighted by Crippen LogP contribution is -2.10. The van der Waals surface area contributed by atoms with Crippen LogP contribution in [0.15, 0.2) is 152 Å². The third kappa shape index (κ3) is 3.74. The smallest absolute Gasteiger partial charge is 0.0630 e. The number of thiophene rings is 1. The van der Waals surface area contributed by atoms with Crippen molar-refractivity contribution in [2.75, 3.05) is 10.2 Å². The summed E-state index contributed by atoms with van der Waals surface area (Å²) in [5.41, 5.74) is 11.4. The quantitative estimate of drug-likeness (QED) is 0.219. The molecule has 0 fully saturated rings. The van der Waals surface area contributed by atoms with E-state index in [2.05, 4.69) is 162 Å². The van der Waals surface area contributed by atoms with Crippen LogP contribution in [0.5, 0.6) is 0 Å². The Kier molecular flexibility index (Phi) is 5.31. The van der Waals surface area contributed by atoms with Crippen LogP contribution in [0.2, 0.25) is 0 Å². The molecule has 0 spiro atoms.